The highest BCUT2D eigenvalue weighted by Crippen LogP contribution is 2.38. The van der Waals surface area contributed by atoms with Crippen LogP contribution in [0.1, 0.15) is 31.8 Å². The highest BCUT2D eigenvalue weighted by Gasteiger charge is 2.32. The summed E-state index contributed by atoms with van der Waals surface area (Å²) in [5.41, 5.74) is 1.95. The quantitative estimate of drug-likeness (QED) is 0.586. The molecular formula is C19H11NO3. The molecule has 1 aliphatic rings. The average molecular weight is 301 g/mol. The van der Waals surface area contributed by atoms with Crippen LogP contribution in [0, 0.1) is 0 Å². The van der Waals surface area contributed by atoms with Crippen LogP contribution < -0.4 is 0 Å². The molecule has 0 amide bonds. The van der Waals surface area contributed by atoms with Crippen molar-refractivity contribution in [1.29, 1.82) is 0 Å². The van der Waals surface area contributed by atoms with Crippen molar-refractivity contribution < 1.29 is 14.7 Å². The molecule has 0 fully saturated rings. The number of hydrogen-bond donors (Lipinski definition) is 1. The van der Waals surface area contributed by atoms with Gasteiger partial charge in [0.05, 0.1) is 11.3 Å². The second-order valence-corrected chi connectivity index (χ2v) is 5.30. The number of carbonyl (C=O) groups is 2. The Morgan fingerprint density at radius 2 is 1.35 bits per heavy atom. The fraction of sp³-hybridized carbons (Fsp3) is 0. The monoisotopic (exact) mass is 301 g/mol. The maximum atomic E-state index is 12.7. The maximum absolute atomic E-state index is 12.7. The lowest BCUT2D eigenvalue weighted by molar-refractivity contribution is 0.0977. The highest BCUT2D eigenvalue weighted by atomic mass is 16.3. The van der Waals surface area contributed by atoms with E-state index in [4.69, 9.17) is 0 Å². The van der Waals surface area contributed by atoms with Gasteiger partial charge in [0, 0.05) is 28.5 Å². The standard InChI is InChI=1S/C19H11NO3/c21-17-11-5-1-2-6-12(11)18(22)16-14(17)9-8-13(19(16)23)15-7-3-4-10-20-15/h1-10,23H. The van der Waals surface area contributed by atoms with Crippen molar-refractivity contribution in [3.63, 3.8) is 0 Å². The first kappa shape index (κ1) is 13.4. The van der Waals surface area contributed by atoms with Crippen LogP contribution in [0.2, 0.25) is 0 Å². The maximum Gasteiger partial charge on any atom is 0.198 e. The van der Waals surface area contributed by atoms with Gasteiger partial charge >= 0.3 is 0 Å². The Morgan fingerprint density at radius 1 is 0.696 bits per heavy atom. The first-order valence-electron chi connectivity index (χ1n) is 7.14. The van der Waals surface area contributed by atoms with Crippen LogP contribution in [0.25, 0.3) is 11.3 Å². The van der Waals surface area contributed by atoms with Gasteiger partial charge in [-0.3, -0.25) is 14.6 Å². The molecule has 1 N–H and O–H groups in total. The van der Waals surface area contributed by atoms with Gasteiger partial charge in [0.1, 0.15) is 5.75 Å². The normalized spacial score (nSPS) is 12.7. The number of benzene rings is 2. The number of nitrogens with zero attached hydrogens (tertiary/aromatic N) is 1. The fourth-order valence-corrected chi connectivity index (χ4v) is 2.90. The van der Waals surface area contributed by atoms with Crippen LogP contribution in [0.15, 0.2) is 60.8 Å². The first-order valence-corrected chi connectivity index (χ1v) is 7.14. The van der Waals surface area contributed by atoms with Crippen LogP contribution in [0.3, 0.4) is 0 Å². The number of hydrogen-bond acceptors (Lipinski definition) is 4. The Kier molecular flexibility index (Phi) is 2.84. The predicted molar refractivity (Wildman–Crippen MR) is 84.6 cm³/mol. The number of fused-ring (bicyclic) bond motifs is 2. The van der Waals surface area contributed by atoms with Gasteiger partial charge in [0.15, 0.2) is 11.6 Å². The second-order valence-electron chi connectivity index (χ2n) is 5.30. The van der Waals surface area contributed by atoms with Crippen molar-refractivity contribution in [2.45, 2.75) is 0 Å². The third kappa shape index (κ3) is 1.89. The summed E-state index contributed by atoms with van der Waals surface area (Å²) in [7, 11) is 0. The Balaban J connectivity index is 1.98. The molecule has 23 heavy (non-hydrogen) atoms. The fourth-order valence-electron chi connectivity index (χ4n) is 2.90. The summed E-state index contributed by atoms with van der Waals surface area (Å²) >= 11 is 0. The van der Waals surface area contributed by atoms with Crippen molar-refractivity contribution in [2.24, 2.45) is 0 Å². The van der Waals surface area contributed by atoms with Crippen molar-refractivity contribution in [1.82, 2.24) is 4.98 Å². The molecule has 0 saturated carbocycles. The van der Waals surface area contributed by atoms with Crippen LogP contribution >= 0.6 is 0 Å². The van der Waals surface area contributed by atoms with Gasteiger partial charge in [0.25, 0.3) is 0 Å². The lowest BCUT2D eigenvalue weighted by Crippen LogP contribution is -2.21. The number of ketones is 2. The molecule has 4 heteroatoms. The Labute approximate surface area is 132 Å². The lowest BCUT2D eigenvalue weighted by Gasteiger charge is -2.19. The smallest absolute Gasteiger partial charge is 0.198 e. The van der Waals surface area contributed by atoms with E-state index < -0.39 is 0 Å². The van der Waals surface area contributed by atoms with Crippen LogP contribution in [0.5, 0.6) is 5.75 Å². The van der Waals surface area contributed by atoms with E-state index in [1.807, 2.05) is 0 Å². The molecule has 0 saturated heterocycles. The van der Waals surface area contributed by atoms with E-state index in [1.54, 1.807) is 60.8 Å². The minimum atomic E-state index is -0.342. The number of aromatic nitrogens is 1. The zero-order valence-electron chi connectivity index (χ0n) is 12.0. The molecule has 1 aromatic heterocycles. The van der Waals surface area contributed by atoms with E-state index in [-0.39, 0.29) is 28.4 Å². The van der Waals surface area contributed by atoms with Gasteiger partial charge < -0.3 is 5.11 Å². The molecule has 0 unspecified atom stereocenters. The van der Waals surface area contributed by atoms with E-state index in [0.717, 1.165) is 0 Å². The van der Waals surface area contributed by atoms with Gasteiger partial charge in [-0.1, -0.05) is 30.3 Å². The molecule has 0 spiro atoms. The molecule has 0 bridgehead atoms. The molecule has 0 radical (unpaired) electrons. The van der Waals surface area contributed by atoms with Crippen LogP contribution in [-0.2, 0) is 0 Å². The predicted octanol–water partition coefficient (Wildman–Crippen LogP) is 3.23. The molecule has 1 aliphatic carbocycles. The van der Waals surface area contributed by atoms with E-state index in [9.17, 15) is 14.7 Å². The van der Waals surface area contributed by atoms with E-state index in [0.29, 0.717) is 22.4 Å². The summed E-state index contributed by atoms with van der Waals surface area (Å²) in [6, 6.07) is 15.2. The zero-order valence-corrected chi connectivity index (χ0v) is 12.0. The average Bonchev–Trinajstić information content (AvgIpc) is 2.60. The summed E-state index contributed by atoms with van der Waals surface area (Å²) in [6.45, 7) is 0. The molecule has 4 nitrogen and oxygen atoms in total. The van der Waals surface area contributed by atoms with Gasteiger partial charge in [-0.05, 0) is 24.3 Å². The minimum absolute atomic E-state index is 0.0526. The van der Waals surface area contributed by atoms with Gasteiger partial charge in [0.2, 0.25) is 0 Å². The number of aromatic hydroxyl groups is 1. The lowest BCUT2D eigenvalue weighted by atomic mass is 9.82. The second kappa shape index (κ2) is 4.88. The molecular weight excluding hydrogens is 290 g/mol. The summed E-state index contributed by atoms with van der Waals surface area (Å²) in [5, 5.41) is 10.6. The Morgan fingerprint density at radius 3 is 2.04 bits per heavy atom. The number of phenols is 1. The largest absolute Gasteiger partial charge is 0.506 e. The Bertz CT molecular complexity index is 962. The van der Waals surface area contributed by atoms with E-state index in [1.165, 1.54) is 0 Å². The van der Waals surface area contributed by atoms with Crippen molar-refractivity contribution >= 4 is 11.6 Å². The van der Waals surface area contributed by atoms with Gasteiger partial charge in [-0.2, -0.15) is 0 Å². The topological polar surface area (TPSA) is 67.3 Å². The van der Waals surface area contributed by atoms with Gasteiger partial charge in [-0.25, -0.2) is 0 Å². The molecule has 0 aliphatic heterocycles. The molecule has 2 aromatic carbocycles. The molecule has 4 rings (SSSR count). The molecule has 3 aromatic rings. The van der Waals surface area contributed by atoms with Crippen LogP contribution in [-0.4, -0.2) is 21.7 Å². The van der Waals surface area contributed by atoms with E-state index in [2.05, 4.69) is 4.98 Å². The molecule has 1 heterocycles. The van der Waals surface area contributed by atoms with Crippen LogP contribution in [0.4, 0.5) is 0 Å². The molecule has 110 valence electrons. The van der Waals surface area contributed by atoms with E-state index >= 15 is 0 Å². The van der Waals surface area contributed by atoms with Crippen molar-refractivity contribution in [2.75, 3.05) is 0 Å². The Hall–Kier alpha value is -3.27. The number of rotatable bonds is 1. The molecule has 0 atom stereocenters. The highest BCUT2D eigenvalue weighted by molar-refractivity contribution is 6.29. The number of carbonyl (C=O) groups excluding carboxylic acids is 2. The SMILES string of the molecule is O=C1c2ccccc2C(=O)c2c1ccc(-c1ccccn1)c2O. The number of pyridine rings is 1. The minimum Gasteiger partial charge on any atom is -0.506 e. The van der Waals surface area contributed by atoms with Crippen molar-refractivity contribution in [3.8, 4) is 17.0 Å². The summed E-state index contributed by atoms with van der Waals surface area (Å²) in [4.78, 5) is 29.5. The summed E-state index contributed by atoms with van der Waals surface area (Å²) < 4.78 is 0. The van der Waals surface area contributed by atoms with Crippen molar-refractivity contribution in [3.05, 3.63) is 83.0 Å². The zero-order chi connectivity index (χ0) is 16.0. The number of phenolic OH excluding ortho intramolecular Hbond substituents is 1. The van der Waals surface area contributed by atoms with Gasteiger partial charge in [-0.15, -0.1) is 0 Å². The summed E-state index contributed by atoms with van der Waals surface area (Å²) in [5.74, 6) is -0.794. The summed E-state index contributed by atoms with van der Waals surface area (Å²) in [6.07, 6.45) is 1.61. The third-order valence-electron chi connectivity index (χ3n) is 4.01. The first-order chi connectivity index (χ1) is 11.2. The third-order valence-corrected chi connectivity index (χ3v) is 4.01.